The van der Waals surface area contributed by atoms with E-state index in [0.717, 1.165) is 0 Å². The predicted molar refractivity (Wildman–Crippen MR) is 91.1 cm³/mol. The summed E-state index contributed by atoms with van der Waals surface area (Å²) in [6.07, 6.45) is -0.624. The number of rotatable bonds is 3. The van der Waals surface area contributed by atoms with Crippen LogP contribution in [-0.2, 0) is 4.74 Å². The van der Waals surface area contributed by atoms with Crippen molar-refractivity contribution in [3.05, 3.63) is 32.7 Å². The molecule has 0 aliphatic carbocycles. The monoisotopic (exact) mass is 334 g/mol. The van der Waals surface area contributed by atoms with Crippen molar-refractivity contribution in [2.75, 3.05) is 11.9 Å². The molecule has 0 spiro atoms. The number of nitrogens with zero attached hydrogens (tertiary/aromatic N) is 4. The first kappa shape index (κ1) is 19.3. The minimum Gasteiger partial charge on any atom is -0.478 e. The molecule has 0 saturated carbocycles. The molecular formula is C16H22N4O4. The van der Waals surface area contributed by atoms with Gasteiger partial charge in [-0.15, -0.1) is 0 Å². The number of anilines is 1. The summed E-state index contributed by atoms with van der Waals surface area (Å²) in [5.41, 5.74) is 9.91. The first-order valence-electron chi connectivity index (χ1n) is 7.31. The van der Waals surface area contributed by atoms with Gasteiger partial charge in [-0.2, -0.15) is 0 Å². The van der Waals surface area contributed by atoms with Gasteiger partial charge in [0.2, 0.25) is 0 Å². The summed E-state index contributed by atoms with van der Waals surface area (Å²) in [5, 5.41) is 13.1. The van der Waals surface area contributed by atoms with E-state index in [2.05, 4.69) is 10.0 Å². The number of hydrogen-bond acceptors (Lipinski definition) is 4. The standard InChI is InChI=1S/C16H22N4O4/c1-8-11(14(21)22)9(2)13(10(3)12(8)18-19-17)20(7)15(23)24-16(4,5)6/h1-7H3,(H,21,22). The summed E-state index contributed by atoms with van der Waals surface area (Å²) in [6, 6.07) is 0. The van der Waals surface area contributed by atoms with E-state index in [1.165, 1.54) is 11.9 Å². The van der Waals surface area contributed by atoms with Crippen molar-refractivity contribution < 1.29 is 19.4 Å². The lowest BCUT2D eigenvalue weighted by atomic mass is 9.94. The molecule has 0 heterocycles. The zero-order valence-corrected chi connectivity index (χ0v) is 15.0. The van der Waals surface area contributed by atoms with Gasteiger partial charge in [-0.3, -0.25) is 4.90 Å². The second-order valence-electron chi connectivity index (χ2n) is 6.48. The van der Waals surface area contributed by atoms with E-state index >= 15 is 0 Å². The third-order valence-electron chi connectivity index (χ3n) is 3.53. The van der Waals surface area contributed by atoms with Crippen LogP contribution in [0.2, 0.25) is 0 Å². The second-order valence-corrected chi connectivity index (χ2v) is 6.48. The Hall–Kier alpha value is -2.73. The zero-order chi connectivity index (χ0) is 18.8. The van der Waals surface area contributed by atoms with Gasteiger partial charge in [-0.05, 0) is 63.8 Å². The highest BCUT2D eigenvalue weighted by Gasteiger charge is 2.27. The SMILES string of the molecule is Cc1c(N=[N+]=[N-])c(C)c(N(C)C(=O)OC(C)(C)C)c(C)c1C(=O)O. The average Bonchev–Trinajstić information content (AvgIpc) is 2.41. The number of amides is 1. The predicted octanol–water partition coefficient (Wildman–Crippen LogP) is 4.62. The maximum Gasteiger partial charge on any atom is 0.414 e. The molecule has 1 N–H and O–H groups in total. The van der Waals surface area contributed by atoms with Gasteiger partial charge in [-0.1, -0.05) is 5.11 Å². The summed E-state index contributed by atoms with van der Waals surface area (Å²) in [4.78, 5) is 28.0. The molecule has 0 unspecified atom stereocenters. The Morgan fingerprint density at radius 3 is 2.12 bits per heavy atom. The van der Waals surface area contributed by atoms with Crippen LogP contribution >= 0.6 is 0 Å². The van der Waals surface area contributed by atoms with Crippen LogP contribution < -0.4 is 4.90 Å². The van der Waals surface area contributed by atoms with Gasteiger partial charge >= 0.3 is 12.1 Å². The number of carbonyl (C=O) groups is 2. The molecule has 1 aromatic rings. The molecule has 1 rings (SSSR count). The molecule has 0 atom stereocenters. The Bertz CT molecular complexity index is 714. The van der Waals surface area contributed by atoms with E-state index in [-0.39, 0.29) is 11.3 Å². The van der Waals surface area contributed by atoms with Crippen LogP contribution in [0.5, 0.6) is 0 Å². The number of benzene rings is 1. The second kappa shape index (κ2) is 6.80. The first-order chi connectivity index (χ1) is 10.9. The minimum atomic E-state index is -1.15. The van der Waals surface area contributed by atoms with E-state index in [9.17, 15) is 14.7 Å². The summed E-state index contributed by atoms with van der Waals surface area (Å²) < 4.78 is 5.33. The van der Waals surface area contributed by atoms with E-state index in [0.29, 0.717) is 22.4 Å². The van der Waals surface area contributed by atoms with Crippen molar-refractivity contribution >= 4 is 23.4 Å². The minimum absolute atomic E-state index is 0.00779. The van der Waals surface area contributed by atoms with E-state index in [1.54, 1.807) is 41.5 Å². The number of azide groups is 1. The van der Waals surface area contributed by atoms with Crippen molar-refractivity contribution in [1.29, 1.82) is 0 Å². The largest absolute Gasteiger partial charge is 0.478 e. The fourth-order valence-corrected chi connectivity index (χ4v) is 2.63. The maximum absolute atomic E-state index is 12.4. The van der Waals surface area contributed by atoms with Crippen LogP contribution in [0.15, 0.2) is 5.11 Å². The molecular weight excluding hydrogens is 312 g/mol. The van der Waals surface area contributed by atoms with Gasteiger partial charge in [0.1, 0.15) is 5.60 Å². The van der Waals surface area contributed by atoms with Crippen molar-refractivity contribution in [3.8, 4) is 0 Å². The number of hydrogen-bond donors (Lipinski definition) is 1. The molecule has 8 heteroatoms. The Balaban J connectivity index is 3.66. The zero-order valence-electron chi connectivity index (χ0n) is 15.0. The van der Waals surface area contributed by atoms with Crippen LogP contribution in [-0.4, -0.2) is 29.8 Å². The van der Waals surface area contributed by atoms with E-state index in [4.69, 9.17) is 10.3 Å². The summed E-state index contributed by atoms with van der Waals surface area (Å²) in [5.74, 6) is -1.15. The molecule has 0 aromatic heterocycles. The lowest BCUT2D eigenvalue weighted by Crippen LogP contribution is -2.35. The fraction of sp³-hybridized carbons (Fsp3) is 0.500. The number of carboxylic acid groups (broad SMARTS) is 1. The molecule has 0 bridgehead atoms. The first-order valence-corrected chi connectivity index (χ1v) is 7.31. The van der Waals surface area contributed by atoms with E-state index < -0.39 is 17.7 Å². The summed E-state index contributed by atoms with van der Waals surface area (Å²) in [7, 11) is 1.49. The number of carboxylic acids is 1. The molecule has 8 nitrogen and oxygen atoms in total. The van der Waals surface area contributed by atoms with Crippen LogP contribution in [0.4, 0.5) is 16.2 Å². The highest BCUT2D eigenvalue weighted by atomic mass is 16.6. The fourth-order valence-electron chi connectivity index (χ4n) is 2.63. The van der Waals surface area contributed by atoms with Crippen molar-refractivity contribution in [2.45, 2.75) is 47.1 Å². The van der Waals surface area contributed by atoms with Gasteiger partial charge in [0.25, 0.3) is 0 Å². The summed E-state index contributed by atoms with van der Waals surface area (Å²) in [6.45, 7) is 10.1. The van der Waals surface area contributed by atoms with Crippen molar-refractivity contribution in [2.24, 2.45) is 5.11 Å². The van der Waals surface area contributed by atoms with E-state index in [1.807, 2.05) is 0 Å². The number of carbonyl (C=O) groups excluding carboxylic acids is 1. The molecule has 0 aliphatic heterocycles. The van der Waals surface area contributed by atoms with Gasteiger partial charge in [0, 0.05) is 17.6 Å². The van der Waals surface area contributed by atoms with Crippen LogP contribution in [0.3, 0.4) is 0 Å². The lowest BCUT2D eigenvalue weighted by molar-refractivity contribution is 0.0587. The Kier molecular flexibility index (Phi) is 5.47. The molecule has 0 radical (unpaired) electrons. The van der Waals surface area contributed by atoms with Crippen molar-refractivity contribution in [1.82, 2.24) is 0 Å². The molecule has 0 aliphatic rings. The Morgan fingerprint density at radius 1 is 1.17 bits per heavy atom. The third kappa shape index (κ3) is 3.78. The van der Waals surface area contributed by atoms with Crippen LogP contribution in [0, 0.1) is 20.8 Å². The molecule has 130 valence electrons. The highest BCUT2D eigenvalue weighted by Crippen LogP contribution is 2.38. The molecule has 24 heavy (non-hydrogen) atoms. The Labute approximate surface area is 140 Å². The quantitative estimate of drug-likeness (QED) is 0.493. The summed E-state index contributed by atoms with van der Waals surface area (Å²) >= 11 is 0. The average molecular weight is 334 g/mol. The number of ether oxygens (including phenoxy) is 1. The highest BCUT2D eigenvalue weighted by molar-refractivity contribution is 5.99. The smallest absolute Gasteiger partial charge is 0.414 e. The van der Waals surface area contributed by atoms with Gasteiger partial charge in [0.05, 0.1) is 11.3 Å². The molecule has 0 fully saturated rings. The van der Waals surface area contributed by atoms with Gasteiger partial charge in [-0.25, -0.2) is 9.59 Å². The number of aromatic carboxylic acids is 1. The third-order valence-corrected chi connectivity index (χ3v) is 3.53. The Morgan fingerprint density at radius 2 is 1.71 bits per heavy atom. The van der Waals surface area contributed by atoms with Crippen LogP contribution in [0.1, 0.15) is 47.8 Å². The van der Waals surface area contributed by atoms with Gasteiger partial charge in [0.15, 0.2) is 0 Å². The molecule has 0 saturated heterocycles. The lowest BCUT2D eigenvalue weighted by Gasteiger charge is -2.28. The van der Waals surface area contributed by atoms with Gasteiger partial charge < -0.3 is 9.84 Å². The normalized spacial score (nSPS) is 10.8. The molecule has 1 aromatic carbocycles. The van der Waals surface area contributed by atoms with Crippen molar-refractivity contribution in [3.63, 3.8) is 0 Å². The topological polar surface area (TPSA) is 116 Å². The molecule has 1 amide bonds. The maximum atomic E-state index is 12.4. The van der Waals surface area contributed by atoms with Crippen LogP contribution in [0.25, 0.3) is 10.4 Å².